The van der Waals surface area contributed by atoms with Crippen molar-refractivity contribution in [2.24, 2.45) is 5.92 Å². The van der Waals surface area contributed by atoms with Crippen LogP contribution in [0.15, 0.2) is 0 Å². The van der Waals surface area contributed by atoms with Crippen molar-refractivity contribution in [2.75, 3.05) is 20.1 Å². The van der Waals surface area contributed by atoms with E-state index in [9.17, 15) is 4.79 Å². The van der Waals surface area contributed by atoms with Crippen LogP contribution < -0.4 is 5.32 Å². The summed E-state index contributed by atoms with van der Waals surface area (Å²) in [6, 6.07) is 0.454. The highest BCUT2D eigenvalue weighted by atomic mass is 16.2. The molecule has 2 unspecified atom stereocenters. The first kappa shape index (κ1) is 12.2. The van der Waals surface area contributed by atoms with Crippen LogP contribution in [0, 0.1) is 5.92 Å². The quantitative estimate of drug-likeness (QED) is 0.812. The number of rotatable bonds is 2. The highest BCUT2D eigenvalue weighted by Gasteiger charge is 2.61. The van der Waals surface area contributed by atoms with Gasteiger partial charge in [0.2, 0.25) is 5.91 Å². The van der Waals surface area contributed by atoms with Crippen LogP contribution in [-0.4, -0.2) is 53.6 Å². The Labute approximate surface area is 115 Å². The molecule has 0 bridgehead atoms. The average molecular weight is 263 g/mol. The van der Waals surface area contributed by atoms with Gasteiger partial charge >= 0.3 is 0 Å². The number of likely N-dealkylation sites (N-methyl/N-ethyl adjacent to an activating group) is 1. The minimum Gasteiger partial charge on any atom is -0.321 e. The fourth-order valence-electron chi connectivity index (χ4n) is 4.42. The van der Waals surface area contributed by atoms with E-state index in [1.165, 1.54) is 25.7 Å². The molecule has 0 aromatic rings. The maximum atomic E-state index is 12.8. The van der Waals surface area contributed by atoms with Crippen molar-refractivity contribution in [1.29, 1.82) is 0 Å². The van der Waals surface area contributed by atoms with Gasteiger partial charge in [-0.1, -0.05) is 12.8 Å². The third-order valence-electron chi connectivity index (χ3n) is 5.72. The lowest BCUT2D eigenvalue weighted by Crippen LogP contribution is -2.48. The number of hydrogen-bond donors (Lipinski definition) is 1. The maximum Gasteiger partial charge on any atom is 0.244 e. The Balaban J connectivity index is 1.58. The lowest BCUT2D eigenvalue weighted by Gasteiger charge is -2.33. The molecular weight excluding hydrogens is 238 g/mol. The minimum atomic E-state index is -0.131. The first-order valence-electron chi connectivity index (χ1n) is 7.99. The van der Waals surface area contributed by atoms with E-state index in [2.05, 4.69) is 22.2 Å². The predicted molar refractivity (Wildman–Crippen MR) is 73.6 cm³/mol. The Morgan fingerprint density at radius 1 is 1.21 bits per heavy atom. The van der Waals surface area contributed by atoms with Gasteiger partial charge in [-0.15, -0.1) is 0 Å². The van der Waals surface area contributed by atoms with E-state index < -0.39 is 0 Å². The van der Waals surface area contributed by atoms with Crippen molar-refractivity contribution in [3.8, 4) is 0 Å². The summed E-state index contributed by atoms with van der Waals surface area (Å²) in [6.45, 7) is 2.20. The van der Waals surface area contributed by atoms with Crippen LogP contribution in [0.4, 0.5) is 0 Å². The minimum absolute atomic E-state index is 0.131. The molecule has 1 amide bonds. The second-order valence-corrected chi connectivity index (χ2v) is 7.13. The normalized spacial score (nSPS) is 38.8. The Bertz CT molecular complexity index is 387. The lowest BCUT2D eigenvalue weighted by molar-refractivity contribution is -0.133. The number of hydrogen-bond acceptors (Lipinski definition) is 3. The van der Waals surface area contributed by atoms with E-state index >= 15 is 0 Å². The van der Waals surface area contributed by atoms with Crippen LogP contribution in [0.5, 0.6) is 0 Å². The smallest absolute Gasteiger partial charge is 0.244 e. The molecule has 2 saturated heterocycles. The summed E-state index contributed by atoms with van der Waals surface area (Å²) < 4.78 is 0. The van der Waals surface area contributed by atoms with Gasteiger partial charge in [0.05, 0.1) is 11.7 Å². The summed E-state index contributed by atoms with van der Waals surface area (Å²) in [7, 11) is 2.17. The number of amides is 1. The van der Waals surface area contributed by atoms with Gasteiger partial charge in [0, 0.05) is 12.6 Å². The van der Waals surface area contributed by atoms with Gasteiger partial charge in [-0.25, -0.2) is 0 Å². The average Bonchev–Trinajstić information content (AvgIpc) is 2.79. The molecule has 4 fully saturated rings. The zero-order valence-electron chi connectivity index (χ0n) is 11.9. The third kappa shape index (κ3) is 1.83. The van der Waals surface area contributed by atoms with E-state index in [1.807, 2.05) is 0 Å². The van der Waals surface area contributed by atoms with Crippen LogP contribution >= 0.6 is 0 Å². The fourth-order valence-corrected chi connectivity index (χ4v) is 4.42. The molecule has 4 heteroatoms. The SMILES string of the molecule is CN1CCC(N2C(=O)C3(CC3)NC2C2CCCC2)C1. The van der Waals surface area contributed by atoms with E-state index in [1.54, 1.807) is 0 Å². The molecule has 4 nitrogen and oxygen atoms in total. The molecule has 106 valence electrons. The van der Waals surface area contributed by atoms with Crippen LogP contribution in [-0.2, 0) is 4.79 Å². The molecule has 0 radical (unpaired) electrons. The highest BCUT2D eigenvalue weighted by Crippen LogP contribution is 2.46. The lowest BCUT2D eigenvalue weighted by atomic mass is 10.0. The van der Waals surface area contributed by atoms with Gasteiger partial charge in [0.1, 0.15) is 0 Å². The van der Waals surface area contributed by atoms with Gasteiger partial charge < -0.3 is 9.80 Å². The first-order valence-corrected chi connectivity index (χ1v) is 7.99. The number of likely N-dealkylation sites (tertiary alicyclic amines) is 1. The second kappa shape index (κ2) is 4.19. The van der Waals surface area contributed by atoms with Crippen LogP contribution in [0.3, 0.4) is 0 Å². The molecular formula is C15H25N3O. The van der Waals surface area contributed by atoms with Crippen molar-refractivity contribution >= 4 is 5.91 Å². The summed E-state index contributed by atoms with van der Waals surface area (Å²) in [5.41, 5.74) is -0.131. The maximum absolute atomic E-state index is 12.8. The van der Waals surface area contributed by atoms with E-state index in [0.717, 1.165) is 32.4 Å². The Kier molecular flexibility index (Phi) is 2.68. The second-order valence-electron chi connectivity index (χ2n) is 7.13. The predicted octanol–water partition coefficient (Wildman–Crippen LogP) is 1.17. The topological polar surface area (TPSA) is 35.6 Å². The number of carbonyl (C=O) groups excluding carboxylic acids is 1. The molecule has 2 saturated carbocycles. The summed E-state index contributed by atoms with van der Waals surface area (Å²) in [5.74, 6) is 1.12. The molecule has 2 atom stereocenters. The summed E-state index contributed by atoms with van der Waals surface area (Å²) in [5, 5.41) is 3.73. The molecule has 2 aliphatic heterocycles. The van der Waals surface area contributed by atoms with Crippen molar-refractivity contribution in [3.63, 3.8) is 0 Å². The monoisotopic (exact) mass is 263 g/mol. The summed E-state index contributed by atoms with van der Waals surface area (Å²) in [4.78, 5) is 17.4. The molecule has 1 N–H and O–H groups in total. The molecule has 4 rings (SSSR count). The summed E-state index contributed by atoms with van der Waals surface area (Å²) in [6.07, 6.45) is 8.94. The largest absolute Gasteiger partial charge is 0.321 e. The van der Waals surface area contributed by atoms with Gasteiger partial charge in [-0.2, -0.15) is 0 Å². The van der Waals surface area contributed by atoms with Gasteiger partial charge in [-0.3, -0.25) is 10.1 Å². The molecule has 0 aromatic heterocycles. The van der Waals surface area contributed by atoms with Crippen molar-refractivity contribution in [3.05, 3.63) is 0 Å². The molecule has 4 aliphatic rings. The van der Waals surface area contributed by atoms with Gasteiger partial charge in [0.15, 0.2) is 0 Å². The number of nitrogens with one attached hydrogen (secondary N) is 1. The van der Waals surface area contributed by atoms with Crippen LogP contribution in [0.1, 0.15) is 44.9 Å². The zero-order chi connectivity index (χ0) is 13.0. The number of carbonyl (C=O) groups is 1. The van der Waals surface area contributed by atoms with Crippen molar-refractivity contribution in [2.45, 2.75) is 62.7 Å². The Morgan fingerprint density at radius 3 is 2.53 bits per heavy atom. The molecule has 2 aliphatic carbocycles. The van der Waals surface area contributed by atoms with Crippen molar-refractivity contribution < 1.29 is 4.79 Å². The van der Waals surface area contributed by atoms with Crippen LogP contribution in [0.25, 0.3) is 0 Å². The van der Waals surface area contributed by atoms with Gasteiger partial charge in [0.25, 0.3) is 0 Å². The van der Waals surface area contributed by atoms with E-state index in [4.69, 9.17) is 0 Å². The van der Waals surface area contributed by atoms with Crippen molar-refractivity contribution in [1.82, 2.24) is 15.1 Å². The summed E-state index contributed by atoms with van der Waals surface area (Å²) >= 11 is 0. The highest BCUT2D eigenvalue weighted by molar-refractivity contribution is 5.92. The Morgan fingerprint density at radius 2 is 1.95 bits per heavy atom. The zero-order valence-corrected chi connectivity index (χ0v) is 11.9. The fraction of sp³-hybridized carbons (Fsp3) is 0.933. The van der Waals surface area contributed by atoms with E-state index in [0.29, 0.717) is 24.0 Å². The standard InChI is InChI=1S/C15H25N3O/c1-17-9-6-12(10-17)18-13(11-4-2-3-5-11)16-15(7-8-15)14(18)19/h11-13,16H,2-10H2,1H3. The Hall–Kier alpha value is -0.610. The van der Waals surface area contributed by atoms with E-state index in [-0.39, 0.29) is 5.54 Å². The van der Waals surface area contributed by atoms with Crippen LogP contribution in [0.2, 0.25) is 0 Å². The molecule has 19 heavy (non-hydrogen) atoms. The first-order chi connectivity index (χ1) is 9.20. The number of nitrogens with zero attached hydrogens (tertiary/aromatic N) is 2. The van der Waals surface area contributed by atoms with Gasteiger partial charge in [-0.05, 0) is 51.6 Å². The molecule has 2 heterocycles. The molecule has 1 spiro atoms. The molecule has 0 aromatic carbocycles. The third-order valence-corrected chi connectivity index (χ3v) is 5.72.